The van der Waals surface area contributed by atoms with Crippen LogP contribution in [0.1, 0.15) is 22.7 Å². The van der Waals surface area contributed by atoms with Crippen molar-refractivity contribution >= 4 is 23.4 Å². The van der Waals surface area contributed by atoms with Gasteiger partial charge in [-0.05, 0) is 24.3 Å². The molecular formula is C19H16N6O4. The lowest BCUT2D eigenvalue weighted by Gasteiger charge is -2.13. The Morgan fingerprint density at radius 3 is 2.76 bits per heavy atom. The van der Waals surface area contributed by atoms with Crippen LogP contribution in [0.5, 0.6) is 0 Å². The first-order valence-electron chi connectivity index (χ1n) is 8.80. The number of para-hydroxylation sites is 1. The number of anilines is 1. The molecular weight excluding hydrogens is 376 g/mol. The lowest BCUT2D eigenvalue weighted by atomic mass is 10.1. The Morgan fingerprint density at radius 2 is 1.93 bits per heavy atom. The Hall–Kier alpha value is -4.08. The van der Waals surface area contributed by atoms with Crippen molar-refractivity contribution in [2.24, 2.45) is 0 Å². The maximum Gasteiger partial charge on any atom is 0.254 e. The van der Waals surface area contributed by atoms with Crippen LogP contribution in [-0.2, 0) is 16.1 Å². The third-order valence-corrected chi connectivity index (χ3v) is 4.28. The quantitative estimate of drug-likeness (QED) is 0.586. The first kappa shape index (κ1) is 18.3. The van der Waals surface area contributed by atoms with Crippen molar-refractivity contribution in [3.8, 4) is 11.4 Å². The van der Waals surface area contributed by atoms with Gasteiger partial charge in [-0.3, -0.25) is 19.4 Å². The van der Waals surface area contributed by atoms with Crippen LogP contribution in [0.15, 0.2) is 53.3 Å². The van der Waals surface area contributed by atoms with Crippen LogP contribution in [0.2, 0.25) is 0 Å². The van der Waals surface area contributed by atoms with Gasteiger partial charge in [0.25, 0.3) is 5.91 Å². The third-order valence-electron chi connectivity index (χ3n) is 4.28. The number of amides is 3. The Bertz CT molecular complexity index is 1070. The highest BCUT2D eigenvalue weighted by Gasteiger charge is 2.29. The number of nitrogens with zero attached hydrogens (tertiary/aromatic N) is 3. The third kappa shape index (κ3) is 4.10. The van der Waals surface area contributed by atoms with Gasteiger partial charge in [-0.25, -0.2) is 0 Å². The van der Waals surface area contributed by atoms with Crippen molar-refractivity contribution in [1.29, 1.82) is 0 Å². The Labute approximate surface area is 164 Å². The second-order valence-electron chi connectivity index (χ2n) is 6.29. The van der Waals surface area contributed by atoms with Gasteiger partial charge in [0.2, 0.25) is 23.5 Å². The van der Waals surface area contributed by atoms with E-state index in [1.54, 1.807) is 48.8 Å². The molecule has 4 rings (SSSR count). The summed E-state index contributed by atoms with van der Waals surface area (Å²) in [6.45, 7) is -0.000568. The van der Waals surface area contributed by atoms with Crippen LogP contribution < -0.4 is 16.0 Å². The van der Waals surface area contributed by atoms with E-state index < -0.39 is 23.8 Å². The highest BCUT2D eigenvalue weighted by atomic mass is 16.5. The molecule has 2 aromatic heterocycles. The molecule has 3 amide bonds. The number of carbonyl (C=O) groups is 3. The SMILES string of the molecule is O=C(CC1NC(=O)c2ccccc2NC1=O)NCc1nc(-c2ccncc2)no1. The zero-order valence-electron chi connectivity index (χ0n) is 15.1. The number of hydrogen-bond donors (Lipinski definition) is 3. The summed E-state index contributed by atoms with van der Waals surface area (Å²) >= 11 is 0. The Kier molecular flexibility index (Phi) is 4.97. The van der Waals surface area contributed by atoms with Crippen LogP contribution in [-0.4, -0.2) is 38.9 Å². The minimum Gasteiger partial charge on any atom is -0.347 e. The summed E-state index contributed by atoms with van der Waals surface area (Å²) in [5.74, 6) is -0.733. The molecule has 3 heterocycles. The average molecular weight is 392 g/mol. The lowest BCUT2D eigenvalue weighted by Crippen LogP contribution is -2.44. The zero-order valence-corrected chi connectivity index (χ0v) is 15.1. The fourth-order valence-corrected chi connectivity index (χ4v) is 2.83. The van der Waals surface area contributed by atoms with Crippen molar-refractivity contribution in [2.75, 3.05) is 5.32 Å². The molecule has 0 radical (unpaired) electrons. The Balaban J connectivity index is 1.35. The van der Waals surface area contributed by atoms with E-state index in [1.165, 1.54) is 0 Å². The fraction of sp³-hybridized carbons (Fsp3) is 0.158. The van der Waals surface area contributed by atoms with Gasteiger partial charge in [0.05, 0.1) is 24.2 Å². The molecule has 0 fully saturated rings. The molecule has 29 heavy (non-hydrogen) atoms. The van der Waals surface area contributed by atoms with Gasteiger partial charge in [0.15, 0.2) is 0 Å². The molecule has 1 aliphatic rings. The molecule has 1 aromatic carbocycles. The van der Waals surface area contributed by atoms with Gasteiger partial charge in [-0.2, -0.15) is 4.98 Å². The van der Waals surface area contributed by atoms with Crippen molar-refractivity contribution in [2.45, 2.75) is 19.0 Å². The monoisotopic (exact) mass is 392 g/mol. The predicted octanol–water partition coefficient (Wildman–Crippen LogP) is 0.889. The molecule has 1 aliphatic heterocycles. The number of carbonyl (C=O) groups excluding carboxylic acids is 3. The van der Waals surface area contributed by atoms with E-state index in [0.717, 1.165) is 5.56 Å². The lowest BCUT2D eigenvalue weighted by molar-refractivity contribution is -0.125. The summed E-state index contributed by atoms with van der Waals surface area (Å²) in [5.41, 5.74) is 1.49. The molecule has 0 bridgehead atoms. The molecule has 0 saturated carbocycles. The number of pyridine rings is 1. The molecule has 3 N–H and O–H groups in total. The Morgan fingerprint density at radius 1 is 1.14 bits per heavy atom. The van der Waals surface area contributed by atoms with E-state index >= 15 is 0 Å². The van der Waals surface area contributed by atoms with Crippen LogP contribution in [0.4, 0.5) is 5.69 Å². The summed E-state index contributed by atoms with van der Waals surface area (Å²) in [5, 5.41) is 11.7. The zero-order chi connectivity index (χ0) is 20.2. The smallest absolute Gasteiger partial charge is 0.254 e. The molecule has 10 nitrogen and oxygen atoms in total. The number of fused-ring (bicyclic) bond motifs is 1. The minimum atomic E-state index is -0.995. The second kappa shape index (κ2) is 7.89. The number of benzene rings is 1. The van der Waals surface area contributed by atoms with E-state index in [-0.39, 0.29) is 18.9 Å². The van der Waals surface area contributed by atoms with Crippen LogP contribution >= 0.6 is 0 Å². The number of aromatic nitrogens is 3. The minimum absolute atomic E-state index is 0.000568. The highest BCUT2D eigenvalue weighted by Crippen LogP contribution is 2.19. The van der Waals surface area contributed by atoms with Crippen molar-refractivity contribution < 1.29 is 18.9 Å². The molecule has 0 aliphatic carbocycles. The summed E-state index contributed by atoms with van der Waals surface area (Å²) in [6, 6.07) is 9.11. The van der Waals surface area contributed by atoms with Gasteiger partial charge >= 0.3 is 0 Å². The van der Waals surface area contributed by atoms with Gasteiger partial charge in [-0.15, -0.1) is 0 Å². The molecule has 10 heteroatoms. The van der Waals surface area contributed by atoms with Crippen LogP contribution in [0.25, 0.3) is 11.4 Å². The number of hydrogen-bond acceptors (Lipinski definition) is 7. The second-order valence-corrected chi connectivity index (χ2v) is 6.29. The van der Waals surface area contributed by atoms with Gasteiger partial charge in [0.1, 0.15) is 6.04 Å². The predicted molar refractivity (Wildman–Crippen MR) is 100 cm³/mol. The van der Waals surface area contributed by atoms with Crippen molar-refractivity contribution in [3.05, 3.63) is 60.2 Å². The van der Waals surface area contributed by atoms with Crippen molar-refractivity contribution in [1.82, 2.24) is 25.8 Å². The van der Waals surface area contributed by atoms with Gasteiger partial charge in [-0.1, -0.05) is 17.3 Å². The van der Waals surface area contributed by atoms with E-state index in [1.807, 2.05) is 0 Å². The van der Waals surface area contributed by atoms with Gasteiger partial charge in [0, 0.05) is 18.0 Å². The first-order valence-corrected chi connectivity index (χ1v) is 8.80. The van der Waals surface area contributed by atoms with Gasteiger partial charge < -0.3 is 20.5 Å². The summed E-state index contributed by atoms with van der Waals surface area (Å²) in [6.07, 6.45) is 2.99. The van der Waals surface area contributed by atoms with E-state index in [2.05, 4.69) is 31.1 Å². The van der Waals surface area contributed by atoms with Crippen LogP contribution in [0.3, 0.4) is 0 Å². The number of rotatable bonds is 5. The molecule has 1 atom stereocenters. The largest absolute Gasteiger partial charge is 0.347 e. The summed E-state index contributed by atoms with van der Waals surface area (Å²) < 4.78 is 5.11. The maximum absolute atomic E-state index is 12.3. The maximum atomic E-state index is 12.3. The summed E-state index contributed by atoms with van der Waals surface area (Å²) in [4.78, 5) is 45.0. The average Bonchev–Trinajstić information content (AvgIpc) is 3.17. The molecule has 0 spiro atoms. The summed E-state index contributed by atoms with van der Waals surface area (Å²) in [7, 11) is 0. The molecule has 1 unspecified atom stereocenters. The highest BCUT2D eigenvalue weighted by molar-refractivity contribution is 6.10. The molecule has 3 aromatic rings. The normalized spacial score (nSPS) is 15.7. The topological polar surface area (TPSA) is 139 Å². The van der Waals surface area contributed by atoms with E-state index in [4.69, 9.17) is 4.52 Å². The molecule has 0 saturated heterocycles. The van der Waals surface area contributed by atoms with Crippen molar-refractivity contribution in [3.63, 3.8) is 0 Å². The van der Waals surface area contributed by atoms with E-state index in [9.17, 15) is 14.4 Å². The number of nitrogens with one attached hydrogen (secondary N) is 3. The van der Waals surface area contributed by atoms with Crippen LogP contribution in [0, 0.1) is 0 Å². The fourth-order valence-electron chi connectivity index (χ4n) is 2.83. The van der Waals surface area contributed by atoms with E-state index in [0.29, 0.717) is 17.1 Å². The first-order chi connectivity index (χ1) is 14.1. The molecule has 146 valence electrons. The standard InChI is InChI=1S/C19H16N6O4/c26-15(21-10-16-24-17(25-29-16)11-5-7-20-8-6-11)9-14-19(28)22-13-4-2-1-3-12(13)18(27)23-14/h1-8,14H,9-10H2,(H,21,26)(H,22,28)(H,23,27).